The Balaban J connectivity index is 1.92. The molecule has 1 unspecified atom stereocenters. The van der Waals surface area contributed by atoms with Crippen LogP contribution < -0.4 is 15.8 Å². The van der Waals surface area contributed by atoms with Gasteiger partial charge in [0.1, 0.15) is 11.4 Å². The highest BCUT2D eigenvalue weighted by Gasteiger charge is 2.14. The maximum atomic E-state index is 12.1. The summed E-state index contributed by atoms with van der Waals surface area (Å²) < 4.78 is 5.61. The van der Waals surface area contributed by atoms with Crippen LogP contribution in [0.3, 0.4) is 0 Å². The Kier molecular flexibility index (Phi) is 6.72. The largest absolute Gasteiger partial charge is 0.491 e. The molecule has 1 amide bonds. The summed E-state index contributed by atoms with van der Waals surface area (Å²) in [6.45, 7) is 4.49. The lowest BCUT2D eigenvalue weighted by Gasteiger charge is -2.14. The molecule has 0 aliphatic heterocycles. The molecular weight excluding hydrogens is 326 g/mol. The van der Waals surface area contributed by atoms with Crippen molar-refractivity contribution in [3.05, 3.63) is 45.9 Å². The number of rotatable bonds is 8. The van der Waals surface area contributed by atoms with Crippen LogP contribution in [0.15, 0.2) is 29.6 Å². The third-order valence-electron chi connectivity index (χ3n) is 3.21. The van der Waals surface area contributed by atoms with E-state index in [-0.39, 0.29) is 18.6 Å². The lowest BCUT2D eigenvalue weighted by atomic mass is 10.1. The van der Waals surface area contributed by atoms with E-state index >= 15 is 0 Å². The minimum absolute atomic E-state index is 0.0597. The number of aliphatic hydroxyl groups excluding tert-OH is 1. The number of aromatic nitrogens is 1. The van der Waals surface area contributed by atoms with Crippen molar-refractivity contribution in [2.45, 2.75) is 32.5 Å². The van der Waals surface area contributed by atoms with Gasteiger partial charge in [-0.3, -0.25) is 4.79 Å². The Morgan fingerprint density at radius 1 is 1.46 bits per heavy atom. The van der Waals surface area contributed by atoms with Crippen molar-refractivity contribution in [2.24, 2.45) is 5.73 Å². The molecule has 1 aromatic heterocycles. The number of nitrogens with one attached hydrogen (secondary N) is 1. The maximum Gasteiger partial charge on any atom is 0.270 e. The summed E-state index contributed by atoms with van der Waals surface area (Å²) in [5.41, 5.74) is 6.52. The third kappa shape index (κ3) is 5.30. The van der Waals surface area contributed by atoms with Crippen molar-refractivity contribution in [3.63, 3.8) is 0 Å². The van der Waals surface area contributed by atoms with E-state index in [1.165, 1.54) is 11.3 Å². The molecule has 0 aliphatic carbocycles. The first-order chi connectivity index (χ1) is 11.5. The lowest BCUT2D eigenvalue weighted by Crippen LogP contribution is -2.28. The summed E-state index contributed by atoms with van der Waals surface area (Å²) >= 11 is 1.41. The number of hydrogen-bond donors (Lipinski definition) is 3. The second-order valence-corrected chi connectivity index (χ2v) is 6.57. The smallest absolute Gasteiger partial charge is 0.270 e. The summed E-state index contributed by atoms with van der Waals surface area (Å²) in [6, 6.07) is 7.23. The summed E-state index contributed by atoms with van der Waals surface area (Å²) in [5, 5.41) is 15.5. The zero-order valence-corrected chi connectivity index (χ0v) is 14.7. The summed E-state index contributed by atoms with van der Waals surface area (Å²) in [5.74, 6) is 0.391. The molecule has 0 spiro atoms. The second kappa shape index (κ2) is 8.77. The first-order valence-electron chi connectivity index (χ1n) is 7.87. The molecule has 0 aliphatic rings. The van der Waals surface area contributed by atoms with E-state index in [4.69, 9.17) is 10.5 Å². The molecule has 2 aromatic rings. The molecule has 130 valence electrons. The zero-order chi connectivity index (χ0) is 17.5. The molecule has 0 saturated carbocycles. The van der Waals surface area contributed by atoms with Crippen molar-refractivity contribution in [1.82, 2.24) is 10.3 Å². The van der Waals surface area contributed by atoms with Crippen LogP contribution in [0.25, 0.3) is 0 Å². The Morgan fingerprint density at radius 2 is 2.25 bits per heavy atom. The van der Waals surface area contributed by atoms with Gasteiger partial charge in [0.25, 0.3) is 5.91 Å². The summed E-state index contributed by atoms with van der Waals surface area (Å²) in [7, 11) is 0. The minimum Gasteiger partial charge on any atom is -0.491 e. The molecule has 2 rings (SSSR count). The topological polar surface area (TPSA) is 97.5 Å². The van der Waals surface area contributed by atoms with Gasteiger partial charge in [-0.2, -0.15) is 0 Å². The molecule has 0 bridgehead atoms. The Hall–Kier alpha value is -1.96. The molecule has 1 atom stereocenters. The quantitative estimate of drug-likeness (QED) is 0.676. The van der Waals surface area contributed by atoms with E-state index in [1.807, 2.05) is 26.0 Å². The van der Waals surface area contributed by atoms with E-state index in [9.17, 15) is 9.90 Å². The molecule has 1 aromatic carbocycles. The van der Waals surface area contributed by atoms with Crippen molar-refractivity contribution in [1.29, 1.82) is 0 Å². The first kappa shape index (κ1) is 18.4. The molecule has 1 heterocycles. The van der Waals surface area contributed by atoms with Crippen LogP contribution in [0, 0.1) is 0 Å². The number of carbonyl (C=O) groups is 1. The van der Waals surface area contributed by atoms with Crippen LogP contribution in [0.2, 0.25) is 0 Å². The van der Waals surface area contributed by atoms with Gasteiger partial charge in [-0.1, -0.05) is 12.1 Å². The van der Waals surface area contributed by atoms with Gasteiger partial charge in [-0.25, -0.2) is 4.98 Å². The number of aliphatic hydroxyl groups is 1. The van der Waals surface area contributed by atoms with Crippen LogP contribution in [-0.4, -0.2) is 35.2 Å². The van der Waals surface area contributed by atoms with E-state index in [0.717, 1.165) is 5.01 Å². The molecule has 4 N–H and O–H groups in total. The van der Waals surface area contributed by atoms with Crippen molar-refractivity contribution in [3.8, 4) is 5.75 Å². The highest BCUT2D eigenvalue weighted by atomic mass is 32.1. The van der Waals surface area contributed by atoms with Gasteiger partial charge in [0.05, 0.1) is 17.2 Å². The number of nitrogens with zero attached hydrogens (tertiary/aromatic N) is 1. The average molecular weight is 349 g/mol. The number of carbonyl (C=O) groups excluding carboxylic acids is 1. The van der Waals surface area contributed by atoms with Gasteiger partial charge in [0.2, 0.25) is 0 Å². The van der Waals surface area contributed by atoms with Gasteiger partial charge in [0, 0.05) is 18.3 Å². The zero-order valence-electron chi connectivity index (χ0n) is 13.9. The highest BCUT2D eigenvalue weighted by Crippen LogP contribution is 2.20. The SMILES string of the molecule is CC(C)Oc1cccc(C(O)CNC(=O)c2csc(CCN)n2)c1. The van der Waals surface area contributed by atoms with Gasteiger partial charge in [-0.05, 0) is 38.1 Å². The molecular formula is C17H23N3O3S. The number of ether oxygens (including phenoxy) is 1. The van der Waals surface area contributed by atoms with Crippen LogP contribution in [0.4, 0.5) is 0 Å². The predicted molar refractivity (Wildman–Crippen MR) is 94.4 cm³/mol. The van der Waals surface area contributed by atoms with Gasteiger partial charge >= 0.3 is 0 Å². The second-order valence-electron chi connectivity index (χ2n) is 5.63. The summed E-state index contributed by atoms with van der Waals surface area (Å²) in [6.07, 6.45) is -0.0975. The number of nitrogens with two attached hydrogens (primary N) is 1. The number of amides is 1. The van der Waals surface area contributed by atoms with E-state index in [1.54, 1.807) is 17.5 Å². The van der Waals surface area contributed by atoms with Crippen molar-refractivity contribution < 1.29 is 14.6 Å². The van der Waals surface area contributed by atoms with Gasteiger partial charge < -0.3 is 20.9 Å². The fourth-order valence-corrected chi connectivity index (χ4v) is 2.91. The molecule has 7 heteroatoms. The molecule has 24 heavy (non-hydrogen) atoms. The maximum absolute atomic E-state index is 12.1. The Morgan fingerprint density at radius 3 is 2.96 bits per heavy atom. The van der Waals surface area contributed by atoms with E-state index in [0.29, 0.717) is 30.0 Å². The van der Waals surface area contributed by atoms with Crippen LogP contribution in [-0.2, 0) is 6.42 Å². The van der Waals surface area contributed by atoms with Gasteiger partial charge in [-0.15, -0.1) is 11.3 Å². The summed E-state index contributed by atoms with van der Waals surface area (Å²) in [4.78, 5) is 16.3. The van der Waals surface area contributed by atoms with Crippen molar-refractivity contribution >= 4 is 17.2 Å². The Bertz CT molecular complexity index is 673. The fraction of sp³-hybridized carbons (Fsp3) is 0.412. The Labute approximate surface area is 145 Å². The average Bonchev–Trinajstić information content (AvgIpc) is 3.01. The standard InChI is InChI=1S/C17H23N3O3S/c1-11(2)23-13-5-3-4-12(8-13)15(21)9-19-17(22)14-10-24-16(20-14)6-7-18/h3-5,8,10-11,15,21H,6-7,9,18H2,1-2H3,(H,19,22). The predicted octanol–water partition coefficient (Wildman–Crippen LogP) is 1.89. The van der Waals surface area contributed by atoms with E-state index in [2.05, 4.69) is 10.3 Å². The van der Waals surface area contributed by atoms with Crippen molar-refractivity contribution in [2.75, 3.05) is 13.1 Å². The molecule has 0 fully saturated rings. The normalized spacial score (nSPS) is 12.2. The monoisotopic (exact) mass is 349 g/mol. The van der Waals surface area contributed by atoms with Crippen LogP contribution in [0.5, 0.6) is 5.75 Å². The van der Waals surface area contributed by atoms with Gasteiger partial charge in [0.15, 0.2) is 0 Å². The van der Waals surface area contributed by atoms with Crippen LogP contribution >= 0.6 is 11.3 Å². The molecule has 6 nitrogen and oxygen atoms in total. The number of hydrogen-bond acceptors (Lipinski definition) is 6. The highest BCUT2D eigenvalue weighted by molar-refractivity contribution is 7.09. The number of benzene rings is 1. The lowest BCUT2D eigenvalue weighted by molar-refractivity contribution is 0.0912. The molecule has 0 saturated heterocycles. The molecule has 0 radical (unpaired) electrons. The third-order valence-corrected chi connectivity index (χ3v) is 4.12. The van der Waals surface area contributed by atoms with E-state index < -0.39 is 6.10 Å². The fourth-order valence-electron chi connectivity index (χ4n) is 2.12. The number of thiazole rings is 1. The minimum atomic E-state index is -0.813. The first-order valence-corrected chi connectivity index (χ1v) is 8.75. The van der Waals surface area contributed by atoms with Crippen LogP contribution in [0.1, 0.15) is 41.0 Å².